The maximum atomic E-state index is 4.81. The maximum absolute atomic E-state index is 4.81. The number of hydrogen-bond acceptors (Lipinski definition) is 5. The van der Waals surface area contributed by atoms with Crippen molar-refractivity contribution in [3.8, 4) is 10.6 Å². The van der Waals surface area contributed by atoms with Crippen LogP contribution < -0.4 is 5.32 Å². The Bertz CT molecular complexity index is 580. The van der Waals surface area contributed by atoms with Gasteiger partial charge in [0.05, 0.1) is 5.69 Å². The normalized spacial score (nSPS) is 28.4. The van der Waals surface area contributed by atoms with Crippen LogP contribution in [-0.4, -0.2) is 35.1 Å². The van der Waals surface area contributed by atoms with Crippen molar-refractivity contribution in [2.24, 2.45) is 0 Å². The predicted octanol–water partition coefficient (Wildman–Crippen LogP) is 3.59. The Morgan fingerprint density at radius 2 is 2.10 bits per heavy atom. The topological polar surface area (TPSA) is 28.2 Å². The first-order valence-electron chi connectivity index (χ1n) is 7.71. The van der Waals surface area contributed by atoms with Crippen molar-refractivity contribution in [2.45, 2.75) is 50.4 Å². The molecule has 4 heterocycles. The van der Waals surface area contributed by atoms with Crippen LogP contribution in [-0.2, 0) is 6.54 Å². The maximum Gasteiger partial charge on any atom is 0.124 e. The van der Waals surface area contributed by atoms with E-state index in [-0.39, 0.29) is 0 Å². The number of thiazole rings is 1. The number of hydrogen-bond donors (Lipinski definition) is 1. The molecule has 2 saturated heterocycles. The molecular formula is C16H21N3S2. The minimum absolute atomic E-state index is 0.718. The molecule has 0 radical (unpaired) electrons. The molecule has 2 atom stereocenters. The number of rotatable bonds is 4. The molecule has 0 amide bonds. The van der Waals surface area contributed by atoms with Crippen molar-refractivity contribution in [3.63, 3.8) is 0 Å². The number of fused-ring (bicyclic) bond motifs is 2. The lowest BCUT2D eigenvalue weighted by molar-refractivity contribution is 0.164. The molecule has 4 rings (SSSR count). The van der Waals surface area contributed by atoms with E-state index in [0.29, 0.717) is 0 Å². The third kappa shape index (κ3) is 2.93. The number of nitrogens with one attached hydrogen (secondary N) is 1. The molecule has 0 aromatic carbocycles. The SMILES string of the molecule is CN(Cc1csc(-c2ccsc2)n1)C1CC2CCC(C1)N2. The molecule has 0 saturated carbocycles. The lowest BCUT2D eigenvalue weighted by atomic mass is 9.98. The quantitative estimate of drug-likeness (QED) is 0.933. The average molecular weight is 319 g/mol. The van der Waals surface area contributed by atoms with E-state index in [1.54, 1.807) is 22.7 Å². The van der Waals surface area contributed by atoms with Gasteiger partial charge in [0.1, 0.15) is 5.01 Å². The zero-order valence-corrected chi connectivity index (χ0v) is 13.9. The van der Waals surface area contributed by atoms with Crippen LogP contribution in [0.25, 0.3) is 10.6 Å². The van der Waals surface area contributed by atoms with E-state index in [1.807, 2.05) is 0 Å². The number of aromatic nitrogens is 1. The van der Waals surface area contributed by atoms with Crippen LogP contribution in [0.5, 0.6) is 0 Å². The fourth-order valence-electron chi connectivity index (χ4n) is 3.67. The molecule has 2 bridgehead atoms. The van der Waals surface area contributed by atoms with Crippen LogP contribution in [0.15, 0.2) is 22.2 Å². The minimum atomic E-state index is 0.718. The van der Waals surface area contributed by atoms with Crippen molar-refractivity contribution in [1.82, 2.24) is 15.2 Å². The highest BCUT2D eigenvalue weighted by Crippen LogP contribution is 2.31. The summed E-state index contributed by atoms with van der Waals surface area (Å²) in [5.74, 6) is 0. The first kappa shape index (κ1) is 13.9. The second-order valence-corrected chi connectivity index (χ2v) is 7.97. The average Bonchev–Trinajstić information content (AvgIpc) is 3.20. The highest BCUT2D eigenvalue weighted by molar-refractivity contribution is 7.14. The summed E-state index contributed by atoms with van der Waals surface area (Å²) in [4.78, 5) is 7.32. The van der Waals surface area contributed by atoms with Gasteiger partial charge in [0, 0.05) is 41.0 Å². The van der Waals surface area contributed by atoms with E-state index >= 15 is 0 Å². The summed E-state index contributed by atoms with van der Waals surface area (Å²) in [7, 11) is 2.26. The van der Waals surface area contributed by atoms with E-state index in [0.717, 1.165) is 29.7 Å². The molecule has 21 heavy (non-hydrogen) atoms. The molecule has 2 fully saturated rings. The van der Waals surface area contributed by atoms with E-state index in [2.05, 4.69) is 39.5 Å². The van der Waals surface area contributed by atoms with Crippen molar-refractivity contribution in [1.29, 1.82) is 0 Å². The largest absolute Gasteiger partial charge is 0.311 e. The number of piperidine rings is 1. The van der Waals surface area contributed by atoms with Gasteiger partial charge < -0.3 is 5.32 Å². The van der Waals surface area contributed by atoms with Crippen LogP contribution in [0.3, 0.4) is 0 Å². The van der Waals surface area contributed by atoms with Gasteiger partial charge in [-0.2, -0.15) is 11.3 Å². The molecule has 2 unspecified atom stereocenters. The summed E-state index contributed by atoms with van der Waals surface area (Å²) in [5.41, 5.74) is 2.48. The molecule has 2 aromatic heterocycles. The van der Waals surface area contributed by atoms with Gasteiger partial charge in [-0.3, -0.25) is 4.90 Å². The van der Waals surface area contributed by atoms with Crippen LogP contribution >= 0.6 is 22.7 Å². The molecule has 5 heteroatoms. The van der Waals surface area contributed by atoms with Gasteiger partial charge in [0.2, 0.25) is 0 Å². The van der Waals surface area contributed by atoms with Gasteiger partial charge in [-0.1, -0.05) is 0 Å². The Labute approximate surface area is 134 Å². The van der Waals surface area contributed by atoms with E-state index in [9.17, 15) is 0 Å². The summed E-state index contributed by atoms with van der Waals surface area (Å²) < 4.78 is 0. The number of thiophene rings is 1. The van der Waals surface area contributed by atoms with Crippen molar-refractivity contribution < 1.29 is 0 Å². The van der Waals surface area contributed by atoms with Crippen molar-refractivity contribution in [3.05, 3.63) is 27.9 Å². The molecule has 2 aliphatic heterocycles. The van der Waals surface area contributed by atoms with Crippen LogP contribution in [0.2, 0.25) is 0 Å². The smallest absolute Gasteiger partial charge is 0.124 e. The highest BCUT2D eigenvalue weighted by Gasteiger charge is 2.35. The van der Waals surface area contributed by atoms with E-state index in [4.69, 9.17) is 4.98 Å². The Morgan fingerprint density at radius 3 is 2.81 bits per heavy atom. The van der Waals surface area contributed by atoms with Crippen LogP contribution in [0, 0.1) is 0 Å². The molecule has 0 aliphatic carbocycles. The fourth-order valence-corrected chi connectivity index (χ4v) is 5.19. The Kier molecular flexibility index (Phi) is 3.83. The van der Waals surface area contributed by atoms with Gasteiger partial charge in [-0.15, -0.1) is 11.3 Å². The van der Waals surface area contributed by atoms with Gasteiger partial charge in [-0.05, 0) is 44.2 Å². The lowest BCUT2D eigenvalue weighted by Crippen LogP contribution is -2.46. The lowest BCUT2D eigenvalue weighted by Gasteiger charge is -2.35. The molecule has 0 spiro atoms. The zero-order chi connectivity index (χ0) is 14.2. The third-order valence-electron chi connectivity index (χ3n) is 4.80. The summed E-state index contributed by atoms with van der Waals surface area (Å²) in [6.45, 7) is 0.977. The van der Waals surface area contributed by atoms with E-state index < -0.39 is 0 Å². The molecular weight excluding hydrogens is 298 g/mol. The second-order valence-electron chi connectivity index (χ2n) is 6.33. The Morgan fingerprint density at radius 1 is 1.29 bits per heavy atom. The zero-order valence-electron chi connectivity index (χ0n) is 12.3. The summed E-state index contributed by atoms with van der Waals surface area (Å²) in [5, 5.41) is 11.4. The minimum Gasteiger partial charge on any atom is -0.311 e. The first-order chi connectivity index (χ1) is 10.3. The highest BCUT2D eigenvalue weighted by atomic mass is 32.1. The van der Waals surface area contributed by atoms with Crippen molar-refractivity contribution in [2.75, 3.05) is 7.05 Å². The van der Waals surface area contributed by atoms with Gasteiger partial charge >= 0.3 is 0 Å². The summed E-state index contributed by atoms with van der Waals surface area (Å²) in [6, 6.07) is 4.39. The Balaban J connectivity index is 1.41. The molecule has 2 aliphatic rings. The molecule has 2 aromatic rings. The van der Waals surface area contributed by atoms with Gasteiger partial charge in [-0.25, -0.2) is 4.98 Å². The third-order valence-corrected chi connectivity index (χ3v) is 6.43. The molecule has 112 valence electrons. The standard InChI is InChI=1S/C16H21N3S2/c1-19(15-6-12-2-3-13(7-15)17-12)8-14-10-21-16(18-14)11-4-5-20-9-11/h4-5,9-10,12-13,15,17H,2-3,6-8H2,1H3. The van der Waals surface area contributed by atoms with E-state index in [1.165, 1.54) is 36.9 Å². The second kappa shape index (κ2) is 5.80. The fraction of sp³-hybridized carbons (Fsp3) is 0.562. The summed E-state index contributed by atoms with van der Waals surface area (Å²) >= 11 is 3.50. The summed E-state index contributed by atoms with van der Waals surface area (Å²) in [6.07, 6.45) is 5.34. The molecule has 3 nitrogen and oxygen atoms in total. The van der Waals surface area contributed by atoms with Crippen LogP contribution in [0.1, 0.15) is 31.4 Å². The predicted molar refractivity (Wildman–Crippen MR) is 89.9 cm³/mol. The van der Waals surface area contributed by atoms with Gasteiger partial charge in [0.15, 0.2) is 0 Å². The van der Waals surface area contributed by atoms with Gasteiger partial charge in [0.25, 0.3) is 0 Å². The molecule has 1 N–H and O–H groups in total. The number of nitrogens with zero attached hydrogens (tertiary/aromatic N) is 2. The monoisotopic (exact) mass is 319 g/mol. The first-order valence-corrected chi connectivity index (χ1v) is 9.53. The van der Waals surface area contributed by atoms with Crippen molar-refractivity contribution >= 4 is 22.7 Å². The van der Waals surface area contributed by atoms with Crippen LogP contribution in [0.4, 0.5) is 0 Å². The Hall–Kier alpha value is -0.750.